The number of carbonyl (C=O) groups excluding carboxylic acids is 1. The van der Waals surface area contributed by atoms with Crippen molar-refractivity contribution in [2.24, 2.45) is 0 Å². The van der Waals surface area contributed by atoms with Gasteiger partial charge in [-0.15, -0.1) is 10.2 Å². The van der Waals surface area contributed by atoms with E-state index in [1.165, 1.54) is 36.0 Å². The first kappa shape index (κ1) is 23.4. The van der Waals surface area contributed by atoms with E-state index in [0.29, 0.717) is 16.7 Å². The zero-order valence-electron chi connectivity index (χ0n) is 19.4. The Morgan fingerprint density at radius 2 is 1.67 bits per heavy atom. The zero-order chi connectivity index (χ0) is 24.9. The van der Waals surface area contributed by atoms with Crippen LogP contribution in [0.5, 0.6) is 0 Å². The summed E-state index contributed by atoms with van der Waals surface area (Å²) in [7, 11) is 0. The van der Waals surface area contributed by atoms with Crippen LogP contribution in [0.1, 0.15) is 16.4 Å². The number of pyridine rings is 1. The van der Waals surface area contributed by atoms with Crippen LogP contribution in [0.15, 0.2) is 109 Å². The van der Waals surface area contributed by atoms with Crippen LogP contribution in [-0.4, -0.2) is 25.7 Å². The van der Waals surface area contributed by atoms with Crippen LogP contribution in [0.3, 0.4) is 0 Å². The van der Waals surface area contributed by atoms with Gasteiger partial charge in [0.1, 0.15) is 11.1 Å². The molecule has 1 amide bonds. The van der Waals surface area contributed by atoms with Crippen LogP contribution < -0.4 is 5.32 Å². The minimum absolute atomic E-state index is 0.250. The van der Waals surface area contributed by atoms with Gasteiger partial charge in [-0.25, -0.2) is 4.39 Å². The summed E-state index contributed by atoms with van der Waals surface area (Å²) in [5, 5.41) is 11.8. The van der Waals surface area contributed by atoms with Crippen molar-refractivity contribution in [3.05, 3.63) is 120 Å². The molecule has 5 rings (SSSR count). The Balaban J connectivity index is 1.57. The summed E-state index contributed by atoms with van der Waals surface area (Å²) in [5.74, 6) is 0.0157. The summed E-state index contributed by atoms with van der Waals surface area (Å²) >= 11 is 1.30. The molecule has 0 aliphatic rings. The molecule has 178 valence electrons. The fourth-order valence-corrected chi connectivity index (χ4v) is 4.86. The molecular weight excluding hydrogens is 473 g/mol. The standard InChI is InChI=1S/C28H22FN5OS/c1-19-8-5-6-12-24(19)34-26(21-11-7-17-30-18-21)32-33-28(34)36-25(20-9-3-2-4-10-20)27(35)31-23-15-13-22(29)14-16-23/h2-18,25H,1H3,(H,31,35). The number of nitrogens with zero attached hydrogens (tertiary/aromatic N) is 4. The van der Waals surface area contributed by atoms with Crippen molar-refractivity contribution in [2.75, 3.05) is 5.32 Å². The number of hydrogen-bond acceptors (Lipinski definition) is 5. The lowest BCUT2D eigenvalue weighted by Crippen LogP contribution is -2.19. The molecule has 8 heteroatoms. The van der Waals surface area contributed by atoms with Crippen molar-refractivity contribution in [1.82, 2.24) is 19.7 Å². The number of halogens is 1. The quantitative estimate of drug-likeness (QED) is 0.270. The SMILES string of the molecule is Cc1ccccc1-n1c(SC(C(=O)Nc2ccc(F)cc2)c2ccccc2)nnc1-c1cccnc1. The van der Waals surface area contributed by atoms with Gasteiger partial charge < -0.3 is 5.32 Å². The van der Waals surface area contributed by atoms with E-state index in [1.807, 2.05) is 78.2 Å². The lowest BCUT2D eigenvalue weighted by Gasteiger charge is -2.18. The van der Waals surface area contributed by atoms with Gasteiger partial charge in [-0.3, -0.25) is 14.3 Å². The van der Waals surface area contributed by atoms with Gasteiger partial charge in [0.05, 0.1) is 5.69 Å². The van der Waals surface area contributed by atoms with Gasteiger partial charge in [0.15, 0.2) is 11.0 Å². The molecule has 0 spiro atoms. The maximum atomic E-state index is 13.5. The van der Waals surface area contributed by atoms with Crippen LogP contribution in [-0.2, 0) is 4.79 Å². The van der Waals surface area contributed by atoms with Crippen molar-refractivity contribution < 1.29 is 9.18 Å². The number of hydrogen-bond donors (Lipinski definition) is 1. The number of benzene rings is 3. The van der Waals surface area contributed by atoms with Crippen LogP contribution in [0.4, 0.5) is 10.1 Å². The van der Waals surface area contributed by atoms with Crippen molar-refractivity contribution in [1.29, 1.82) is 0 Å². The molecule has 0 saturated carbocycles. The Morgan fingerprint density at radius 1 is 0.917 bits per heavy atom. The molecule has 36 heavy (non-hydrogen) atoms. The molecule has 1 atom stereocenters. The third-order valence-electron chi connectivity index (χ3n) is 5.58. The predicted molar refractivity (Wildman–Crippen MR) is 139 cm³/mol. The Kier molecular flexibility index (Phi) is 6.86. The molecule has 5 aromatic rings. The second kappa shape index (κ2) is 10.5. The van der Waals surface area contributed by atoms with Crippen LogP contribution in [0.2, 0.25) is 0 Å². The molecule has 0 saturated heterocycles. The molecule has 0 bridgehead atoms. The van der Waals surface area contributed by atoms with Gasteiger partial charge in [-0.1, -0.05) is 60.3 Å². The van der Waals surface area contributed by atoms with Crippen LogP contribution in [0, 0.1) is 12.7 Å². The molecule has 2 aromatic heterocycles. The van der Waals surface area contributed by atoms with Crippen LogP contribution >= 0.6 is 11.8 Å². The minimum atomic E-state index is -0.634. The molecule has 6 nitrogen and oxygen atoms in total. The number of carbonyl (C=O) groups is 1. The van der Waals surface area contributed by atoms with E-state index in [4.69, 9.17) is 0 Å². The summed E-state index contributed by atoms with van der Waals surface area (Å²) < 4.78 is 15.3. The van der Waals surface area contributed by atoms with E-state index < -0.39 is 5.25 Å². The number of rotatable bonds is 7. The van der Waals surface area contributed by atoms with Gasteiger partial charge in [0, 0.05) is 23.6 Å². The predicted octanol–water partition coefficient (Wildman–Crippen LogP) is 6.25. The molecule has 3 aromatic carbocycles. The topological polar surface area (TPSA) is 72.7 Å². The van der Waals surface area contributed by atoms with E-state index >= 15 is 0 Å². The third-order valence-corrected chi connectivity index (χ3v) is 6.78. The molecule has 0 aliphatic heterocycles. The van der Waals surface area contributed by atoms with E-state index in [2.05, 4.69) is 20.5 Å². The third kappa shape index (κ3) is 5.04. The van der Waals surface area contributed by atoms with E-state index in [1.54, 1.807) is 12.4 Å². The number of aromatic nitrogens is 4. The fourth-order valence-electron chi connectivity index (χ4n) is 3.81. The number of amides is 1. The summed E-state index contributed by atoms with van der Waals surface area (Å²) in [6.45, 7) is 2.02. The highest BCUT2D eigenvalue weighted by molar-refractivity contribution is 8.00. The highest BCUT2D eigenvalue weighted by Crippen LogP contribution is 2.38. The molecule has 0 fully saturated rings. The highest BCUT2D eigenvalue weighted by atomic mass is 32.2. The zero-order valence-corrected chi connectivity index (χ0v) is 20.2. The molecule has 0 aliphatic carbocycles. The van der Waals surface area contributed by atoms with Crippen molar-refractivity contribution in [2.45, 2.75) is 17.3 Å². The number of aryl methyl sites for hydroxylation is 1. The van der Waals surface area contributed by atoms with Crippen molar-refractivity contribution in [3.8, 4) is 17.1 Å². The first-order valence-corrected chi connectivity index (χ1v) is 12.2. The number of nitrogens with one attached hydrogen (secondary N) is 1. The molecule has 2 heterocycles. The Morgan fingerprint density at radius 3 is 2.39 bits per heavy atom. The maximum absolute atomic E-state index is 13.5. The largest absolute Gasteiger partial charge is 0.325 e. The van der Waals surface area contributed by atoms with Crippen molar-refractivity contribution in [3.63, 3.8) is 0 Å². The summed E-state index contributed by atoms with van der Waals surface area (Å²) in [6, 6.07) is 26.9. The summed E-state index contributed by atoms with van der Waals surface area (Å²) in [4.78, 5) is 17.7. The molecule has 1 unspecified atom stereocenters. The van der Waals surface area contributed by atoms with Gasteiger partial charge in [0.2, 0.25) is 5.91 Å². The van der Waals surface area contributed by atoms with Gasteiger partial charge in [-0.2, -0.15) is 0 Å². The highest BCUT2D eigenvalue weighted by Gasteiger charge is 2.27. The smallest absolute Gasteiger partial charge is 0.242 e. The first-order valence-electron chi connectivity index (χ1n) is 11.3. The Bertz CT molecular complexity index is 1470. The van der Waals surface area contributed by atoms with Gasteiger partial charge in [-0.05, 0) is 60.5 Å². The lowest BCUT2D eigenvalue weighted by atomic mass is 10.1. The number of para-hydroxylation sites is 1. The van der Waals surface area contributed by atoms with E-state index in [0.717, 1.165) is 22.4 Å². The van der Waals surface area contributed by atoms with Gasteiger partial charge in [0.25, 0.3) is 0 Å². The fraction of sp³-hybridized carbons (Fsp3) is 0.0714. The average Bonchev–Trinajstić information content (AvgIpc) is 3.33. The number of anilines is 1. The van der Waals surface area contributed by atoms with Crippen LogP contribution in [0.25, 0.3) is 17.1 Å². The first-order chi connectivity index (χ1) is 17.6. The Hall–Kier alpha value is -4.30. The second-order valence-corrected chi connectivity index (χ2v) is 9.15. The summed E-state index contributed by atoms with van der Waals surface area (Å²) in [6.07, 6.45) is 3.45. The normalized spacial score (nSPS) is 11.7. The molecule has 1 N–H and O–H groups in total. The van der Waals surface area contributed by atoms with Crippen molar-refractivity contribution >= 4 is 23.4 Å². The van der Waals surface area contributed by atoms with E-state index in [-0.39, 0.29) is 11.7 Å². The summed E-state index contributed by atoms with van der Waals surface area (Å²) in [5.41, 5.74) is 4.08. The maximum Gasteiger partial charge on any atom is 0.242 e. The minimum Gasteiger partial charge on any atom is -0.325 e. The lowest BCUT2D eigenvalue weighted by molar-refractivity contribution is -0.115. The monoisotopic (exact) mass is 495 g/mol. The molecular formula is C28H22FN5OS. The second-order valence-electron chi connectivity index (χ2n) is 8.07. The Labute approximate surface area is 212 Å². The van der Waals surface area contributed by atoms with E-state index in [9.17, 15) is 9.18 Å². The number of thioether (sulfide) groups is 1. The average molecular weight is 496 g/mol. The molecule has 0 radical (unpaired) electrons. The van der Waals surface area contributed by atoms with Gasteiger partial charge >= 0.3 is 0 Å².